The number of fused-ring (bicyclic) bond motifs is 1. The third kappa shape index (κ3) is 1.64. The Morgan fingerprint density at radius 3 is 2.33 bits per heavy atom. The maximum atomic E-state index is 12.4. The summed E-state index contributed by atoms with van der Waals surface area (Å²) in [4.78, 5) is 24.3. The van der Waals surface area contributed by atoms with E-state index in [0.717, 1.165) is 17.1 Å². The first kappa shape index (κ1) is 12.8. The molecular formula is C14H18O2S2. The quantitative estimate of drug-likeness (QED) is 0.638. The van der Waals surface area contributed by atoms with Gasteiger partial charge in [-0.1, -0.05) is 13.8 Å². The smallest absolute Gasteiger partial charge is 0.161 e. The van der Waals surface area contributed by atoms with Gasteiger partial charge in [-0.05, 0) is 23.3 Å². The Hall–Kier alpha value is -0.220. The molecule has 0 bridgehead atoms. The molecule has 0 amide bonds. The highest BCUT2D eigenvalue weighted by Gasteiger charge is 2.61. The Morgan fingerprint density at radius 1 is 1.00 bits per heavy atom. The molecule has 0 radical (unpaired) electrons. The van der Waals surface area contributed by atoms with Crippen LogP contribution in [0, 0.1) is 10.8 Å². The zero-order valence-corrected chi connectivity index (χ0v) is 12.5. The van der Waals surface area contributed by atoms with Crippen LogP contribution in [0.25, 0.3) is 0 Å². The molecule has 4 heteroatoms. The zero-order valence-electron chi connectivity index (χ0n) is 10.9. The molecular weight excluding hydrogens is 264 g/mol. The van der Waals surface area contributed by atoms with E-state index in [-0.39, 0.29) is 10.8 Å². The molecule has 2 saturated carbocycles. The van der Waals surface area contributed by atoms with Crippen molar-refractivity contribution in [2.75, 3.05) is 11.5 Å². The summed E-state index contributed by atoms with van der Waals surface area (Å²) in [5.41, 5.74) is 0.668. The highest BCUT2D eigenvalue weighted by atomic mass is 32.2. The average Bonchev–Trinajstić information content (AvgIpc) is 2.60. The molecule has 0 aromatic heterocycles. The van der Waals surface area contributed by atoms with Gasteiger partial charge >= 0.3 is 0 Å². The molecule has 1 aliphatic heterocycles. The fourth-order valence-corrected chi connectivity index (χ4v) is 6.54. The van der Waals surface area contributed by atoms with Gasteiger partial charge in [0.1, 0.15) is 5.78 Å². The fourth-order valence-electron chi connectivity index (χ4n) is 3.61. The van der Waals surface area contributed by atoms with Gasteiger partial charge in [-0.3, -0.25) is 9.59 Å². The molecule has 0 unspecified atom stereocenters. The predicted molar refractivity (Wildman–Crippen MR) is 76.6 cm³/mol. The Labute approximate surface area is 116 Å². The van der Waals surface area contributed by atoms with Gasteiger partial charge in [0.25, 0.3) is 0 Å². The van der Waals surface area contributed by atoms with Gasteiger partial charge in [0.15, 0.2) is 5.78 Å². The van der Waals surface area contributed by atoms with Gasteiger partial charge in [0.2, 0.25) is 0 Å². The third-order valence-corrected chi connectivity index (χ3v) is 7.44. The van der Waals surface area contributed by atoms with E-state index in [1.54, 1.807) is 0 Å². The molecule has 0 aromatic rings. The first-order valence-electron chi connectivity index (χ1n) is 6.52. The van der Waals surface area contributed by atoms with Crippen LogP contribution in [0.5, 0.6) is 0 Å². The second kappa shape index (κ2) is 4.14. The first-order chi connectivity index (χ1) is 8.46. The number of carbonyl (C=O) groups excluding carboxylic acids is 2. The van der Waals surface area contributed by atoms with Crippen molar-refractivity contribution in [3.63, 3.8) is 0 Å². The maximum absolute atomic E-state index is 12.4. The van der Waals surface area contributed by atoms with Crippen LogP contribution in [0.1, 0.15) is 39.5 Å². The minimum absolute atomic E-state index is 0.123. The third-order valence-electron chi connectivity index (χ3n) is 4.81. The van der Waals surface area contributed by atoms with Crippen molar-refractivity contribution in [2.45, 2.75) is 39.5 Å². The van der Waals surface area contributed by atoms with E-state index >= 15 is 0 Å². The molecule has 3 aliphatic rings. The second-order valence-electron chi connectivity index (χ2n) is 6.10. The average molecular weight is 282 g/mol. The van der Waals surface area contributed by atoms with E-state index in [0.29, 0.717) is 30.8 Å². The number of ketones is 2. The summed E-state index contributed by atoms with van der Waals surface area (Å²) in [6, 6.07) is 0. The Kier molecular flexibility index (Phi) is 2.94. The molecule has 18 heavy (non-hydrogen) atoms. The van der Waals surface area contributed by atoms with E-state index in [4.69, 9.17) is 0 Å². The topological polar surface area (TPSA) is 34.1 Å². The van der Waals surface area contributed by atoms with Crippen LogP contribution >= 0.6 is 23.5 Å². The van der Waals surface area contributed by atoms with Gasteiger partial charge in [-0.2, -0.15) is 0 Å². The van der Waals surface area contributed by atoms with E-state index in [2.05, 4.69) is 13.8 Å². The second-order valence-corrected chi connectivity index (χ2v) is 8.57. The maximum Gasteiger partial charge on any atom is 0.161 e. The van der Waals surface area contributed by atoms with Crippen LogP contribution in [0.3, 0.4) is 0 Å². The molecule has 2 aliphatic carbocycles. The van der Waals surface area contributed by atoms with Crippen LogP contribution in [0.4, 0.5) is 0 Å². The summed E-state index contributed by atoms with van der Waals surface area (Å²) in [6.45, 7) is 4.27. The van der Waals surface area contributed by atoms with Crippen molar-refractivity contribution in [1.29, 1.82) is 0 Å². The van der Waals surface area contributed by atoms with Crippen molar-refractivity contribution in [2.24, 2.45) is 10.8 Å². The number of hydrogen-bond acceptors (Lipinski definition) is 4. The number of Topliss-reactive ketones (excluding diaryl/α,β-unsaturated/α-hetero) is 2. The highest BCUT2D eigenvalue weighted by Crippen LogP contribution is 2.64. The van der Waals surface area contributed by atoms with Crippen molar-refractivity contribution in [1.82, 2.24) is 0 Å². The fraction of sp³-hybridized carbons (Fsp3) is 0.714. The van der Waals surface area contributed by atoms with Gasteiger partial charge in [0.05, 0.1) is 0 Å². The van der Waals surface area contributed by atoms with Crippen LogP contribution in [-0.4, -0.2) is 23.1 Å². The number of carbonyl (C=O) groups is 2. The molecule has 98 valence electrons. The van der Waals surface area contributed by atoms with Crippen molar-refractivity contribution in [3.8, 4) is 0 Å². The molecule has 0 N–H and O–H groups in total. The Bertz CT molecular complexity index is 460. The largest absolute Gasteiger partial charge is 0.300 e. The van der Waals surface area contributed by atoms with E-state index in [9.17, 15) is 9.59 Å². The highest BCUT2D eigenvalue weighted by molar-refractivity contribution is 8.22. The predicted octanol–water partition coefficient (Wildman–Crippen LogP) is 3.42. The van der Waals surface area contributed by atoms with Crippen LogP contribution in [0.15, 0.2) is 9.81 Å². The van der Waals surface area contributed by atoms with Crippen LogP contribution in [-0.2, 0) is 9.59 Å². The molecule has 3 rings (SSSR count). The van der Waals surface area contributed by atoms with E-state index in [1.165, 1.54) is 10.7 Å². The van der Waals surface area contributed by atoms with E-state index < -0.39 is 0 Å². The lowest BCUT2D eigenvalue weighted by molar-refractivity contribution is -0.119. The number of hydrogen-bond donors (Lipinski definition) is 0. The number of thioether (sulfide) groups is 2. The van der Waals surface area contributed by atoms with Crippen molar-refractivity contribution in [3.05, 3.63) is 9.81 Å². The molecule has 1 heterocycles. The lowest BCUT2D eigenvalue weighted by Gasteiger charge is -2.34. The van der Waals surface area contributed by atoms with E-state index in [1.807, 2.05) is 23.5 Å². The normalized spacial score (nSPS) is 40.6. The standard InChI is InChI=1S/C14H18O2S2/c1-13-6-9(15)7-14(13,2)11(10(16)8-13)12-17-4-3-5-18-12/h3-8H2,1-2H3/t13-,14+/m0/s1. The van der Waals surface area contributed by atoms with Crippen LogP contribution < -0.4 is 0 Å². The number of allylic oxidation sites excluding steroid dienone is 1. The molecule has 0 aromatic carbocycles. The summed E-state index contributed by atoms with van der Waals surface area (Å²) < 4.78 is 1.21. The number of rotatable bonds is 0. The minimum Gasteiger partial charge on any atom is -0.300 e. The molecule has 2 nitrogen and oxygen atoms in total. The summed E-state index contributed by atoms with van der Waals surface area (Å²) >= 11 is 3.64. The van der Waals surface area contributed by atoms with Gasteiger partial charge < -0.3 is 0 Å². The van der Waals surface area contributed by atoms with Gasteiger partial charge in [-0.25, -0.2) is 0 Å². The lowest BCUT2D eigenvalue weighted by Crippen LogP contribution is -2.28. The summed E-state index contributed by atoms with van der Waals surface area (Å²) in [7, 11) is 0. The van der Waals surface area contributed by atoms with Crippen LogP contribution in [0.2, 0.25) is 0 Å². The SMILES string of the molecule is C[C@@]12CC(=O)C[C@]1(C)C(=C1SCCCS1)C(=O)C2. The Morgan fingerprint density at radius 2 is 1.67 bits per heavy atom. The summed E-state index contributed by atoms with van der Waals surface area (Å²) in [5, 5.41) is 0. The monoisotopic (exact) mass is 282 g/mol. The minimum atomic E-state index is -0.201. The molecule has 2 atom stereocenters. The first-order valence-corrected chi connectivity index (χ1v) is 8.49. The van der Waals surface area contributed by atoms with Gasteiger partial charge in [0, 0.05) is 34.5 Å². The molecule has 0 spiro atoms. The van der Waals surface area contributed by atoms with Gasteiger partial charge in [-0.15, -0.1) is 23.5 Å². The van der Waals surface area contributed by atoms with Crippen molar-refractivity contribution >= 4 is 35.1 Å². The van der Waals surface area contributed by atoms with Crippen molar-refractivity contribution < 1.29 is 9.59 Å². The molecule has 3 fully saturated rings. The Balaban J connectivity index is 2.09. The zero-order chi connectivity index (χ0) is 13.0. The lowest BCUT2D eigenvalue weighted by atomic mass is 9.69. The summed E-state index contributed by atoms with van der Waals surface area (Å²) in [5.74, 6) is 2.85. The molecule has 1 saturated heterocycles. The summed E-state index contributed by atoms with van der Waals surface area (Å²) in [6.07, 6.45) is 2.93.